The Kier molecular flexibility index (Phi) is 7.76. The number of anilines is 1. The molecular weight excluding hydrogens is 535 g/mol. The van der Waals surface area contributed by atoms with Gasteiger partial charge in [-0.15, -0.1) is 10.2 Å². The lowest BCUT2D eigenvalue weighted by Gasteiger charge is -2.15. The van der Waals surface area contributed by atoms with Crippen molar-refractivity contribution in [2.24, 2.45) is 5.92 Å². The molecule has 9 nitrogen and oxygen atoms in total. The number of ether oxygens (including phenoxy) is 1. The number of nitrogens with zero attached hydrogens (tertiary/aromatic N) is 4. The van der Waals surface area contributed by atoms with Crippen molar-refractivity contribution in [2.75, 3.05) is 25.4 Å². The summed E-state index contributed by atoms with van der Waals surface area (Å²) < 4.78 is 8.69. The third-order valence-corrected chi connectivity index (χ3v) is 6.51. The number of nitrogens with two attached hydrogens (primary N) is 1. The largest absolute Gasteiger partial charge is 0.493 e. The van der Waals surface area contributed by atoms with Gasteiger partial charge in [-0.25, -0.2) is 9.78 Å². The van der Waals surface area contributed by atoms with E-state index in [2.05, 4.69) is 47.7 Å². The Hall–Kier alpha value is -2.73. The molecule has 0 radical (unpaired) electrons. The average molecular weight is 562 g/mol. The molecule has 1 aromatic carbocycles. The summed E-state index contributed by atoms with van der Waals surface area (Å²) in [7, 11) is 0. The number of halogens is 1. The maximum Gasteiger partial charge on any atom is 0.339 e. The molecule has 174 valence electrons. The first-order valence-electron chi connectivity index (χ1n) is 11.0. The number of pyridine rings is 1. The van der Waals surface area contributed by atoms with Gasteiger partial charge in [-0.1, -0.05) is 6.07 Å². The number of rotatable bonds is 10. The Morgan fingerprint density at radius 3 is 3.00 bits per heavy atom. The Morgan fingerprint density at radius 1 is 1.30 bits per heavy atom. The van der Waals surface area contributed by atoms with Gasteiger partial charge in [0.15, 0.2) is 5.82 Å². The molecule has 1 fully saturated rings. The molecule has 0 spiro atoms. The Bertz CT molecular complexity index is 1110. The molecule has 33 heavy (non-hydrogen) atoms. The predicted octanol–water partition coefficient (Wildman–Crippen LogP) is 3.63. The van der Waals surface area contributed by atoms with E-state index in [1.54, 1.807) is 24.5 Å². The number of carboxylic acids is 1. The SMILES string of the molecule is Nc1cccc(-c2nncn2[C@H]2CCC(CNCCCOc3ccc(I)cc3C(=O)O)C2)n1. The molecule has 3 aromatic rings. The summed E-state index contributed by atoms with van der Waals surface area (Å²) in [6.45, 7) is 2.23. The maximum atomic E-state index is 11.4. The topological polar surface area (TPSA) is 128 Å². The summed E-state index contributed by atoms with van der Waals surface area (Å²) in [6.07, 6.45) is 5.86. The van der Waals surface area contributed by atoms with E-state index in [0.29, 0.717) is 30.1 Å². The van der Waals surface area contributed by atoms with E-state index in [1.807, 2.05) is 18.2 Å². The fraction of sp³-hybridized carbons (Fsp3) is 0.391. The summed E-state index contributed by atoms with van der Waals surface area (Å²) >= 11 is 2.09. The minimum atomic E-state index is -0.972. The number of aromatic nitrogens is 4. The first-order valence-corrected chi connectivity index (χ1v) is 12.1. The molecule has 2 heterocycles. The maximum absolute atomic E-state index is 11.4. The standard InChI is InChI=1S/C23H27IN6O3/c24-16-6-8-20(18(12-16)23(31)32)33-10-2-9-26-13-15-5-7-17(11-15)30-14-27-29-22(30)19-3-1-4-21(25)28-19/h1,3-4,6,8,12,14-15,17,26H,2,5,7,9-11,13H2,(H2,25,28)(H,31,32)/t15?,17-/m0/s1. The molecular formula is C23H27IN6O3. The molecule has 0 amide bonds. The van der Waals surface area contributed by atoms with Crippen molar-refractivity contribution in [2.45, 2.75) is 31.7 Å². The van der Waals surface area contributed by atoms with E-state index in [-0.39, 0.29) is 5.56 Å². The van der Waals surface area contributed by atoms with E-state index < -0.39 is 5.97 Å². The van der Waals surface area contributed by atoms with E-state index in [4.69, 9.17) is 10.5 Å². The molecule has 4 rings (SSSR count). The fourth-order valence-electron chi connectivity index (χ4n) is 4.24. The molecule has 1 unspecified atom stereocenters. The van der Waals surface area contributed by atoms with Crippen LogP contribution in [-0.4, -0.2) is 50.5 Å². The molecule has 1 aliphatic carbocycles. The first-order chi connectivity index (χ1) is 16.0. The lowest BCUT2D eigenvalue weighted by molar-refractivity contribution is 0.0692. The molecule has 0 saturated heterocycles. The molecule has 2 atom stereocenters. The molecule has 2 aromatic heterocycles. The summed E-state index contributed by atoms with van der Waals surface area (Å²) in [5.41, 5.74) is 6.77. The van der Waals surface area contributed by atoms with Crippen molar-refractivity contribution in [3.8, 4) is 17.3 Å². The quantitative estimate of drug-likeness (QED) is 0.253. The van der Waals surface area contributed by atoms with Gasteiger partial charge >= 0.3 is 5.97 Å². The van der Waals surface area contributed by atoms with Crippen LogP contribution in [0, 0.1) is 9.49 Å². The summed E-state index contributed by atoms with van der Waals surface area (Å²) in [5.74, 6) is 1.26. The number of carbonyl (C=O) groups is 1. The Labute approximate surface area is 205 Å². The molecule has 0 bridgehead atoms. The van der Waals surface area contributed by atoms with Gasteiger partial charge in [0.25, 0.3) is 0 Å². The van der Waals surface area contributed by atoms with Crippen LogP contribution in [0.4, 0.5) is 5.82 Å². The third kappa shape index (κ3) is 5.99. The second-order valence-corrected chi connectivity index (χ2v) is 9.44. The van der Waals surface area contributed by atoms with E-state index in [0.717, 1.165) is 53.9 Å². The highest BCUT2D eigenvalue weighted by atomic mass is 127. The highest BCUT2D eigenvalue weighted by Crippen LogP contribution is 2.36. The Morgan fingerprint density at radius 2 is 2.18 bits per heavy atom. The average Bonchev–Trinajstić information content (AvgIpc) is 3.46. The molecule has 1 saturated carbocycles. The minimum Gasteiger partial charge on any atom is -0.493 e. The van der Waals surface area contributed by atoms with Gasteiger partial charge in [-0.2, -0.15) is 0 Å². The number of carboxylic acid groups (broad SMARTS) is 1. The van der Waals surface area contributed by atoms with Crippen LogP contribution in [0.3, 0.4) is 0 Å². The third-order valence-electron chi connectivity index (χ3n) is 5.84. The Balaban J connectivity index is 1.20. The molecule has 0 aliphatic heterocycles. The van der Waals surface area contributed by atoms with Crippen LogP contribution in [0.25, 0.3) is 11.5 Å². The molecule has 4 N–H and O–H groups in total. The van der Waals surface area contributed by atoms with E-state index in [9.17, 15) is 9.90 Å². The van der Waals surface area contributed by atoms with Crippen LogP contribution in [0.2, 0.25) is 0 Å². The van der Waals surface area contributed by atoms with Crippen LogP contribution in [0.15, 0.2) is 42.7 Å². The lowest BCUT2D eigenvalue weighted by Crippen LogP contribution is -2.24. The van der Waals surface area contributed by atoms with Gasteiger partial charge in [0.05, 0.1) is 6.61 Å². The summed E-state index contributed by atoms with van der Waals surface area (Å²) in [6, 6.07) is 11.1. The number of nitrogen functional groups attached to an aromatic ring is 1. The van der Waals surface area contributed by atoms with Crippen LogP contribution in [0.5, 0.6) is 5.75 Å². The zero-order chi connectivity index (χ0) is 23.2. The van der Waals surface area contributed by atoms with Crippen molar-refractivity contribution in [1.29, 1.82) is 0 Å². The number of aromatic carboxylic acids is 1. The van der Waals surface area contributed by atoms with Crippen molar-refractivity contribution >= 4 is 34.4 Å². The molecule has 10 heteroatoms. The summed E-state index contributed by atoms with van der Waals surface area (Å²) in [5, 5.41) is 21.2. The smallest absolute Gasteiger partial charge is 0.339 e. The van der Waals surface area contributed by atoms with Gasteiger partial charge in [-0.3, -0.25) is 0 Å². The zero-order valence-corrected chi connectivity index (χ0v) is 20.3. The number of hydrogen-bond donors (Lipinski definition) is 3. The van der Waals surface area contributed by atoms with Gasteiger partial charge in [-0.05, 0) is 97.6 Å². The van der Waals surface area contributed by atoms with Crippen molar-refractivity contribution in [3.63, 3.8) is 0 Å². The van der Waals surface area contributed by atoms with Gasteiger partial charge in [0, 0.05) is 9.61 Å². The highest BCUT2D eigenvalue weighted by molar-refractivity contribution is 14.1. The number of nitrogens with one attached hydrogen (secondary N) is 1. The van der Waals surface area contributed by atoms with E-state index >= 15 is 0 Å². The fourth-order valence-corrected chi connectivity index (χ4v) is 4.73. The van der Waals surface area contributed by atoms with Crippen molar-refractivity contribution in [1.82, 2.24) is 25.1 Å². The van der Waals surface area contributed by atoms with Crippen molar-refractivity contribution < 1.29 is 14.6 Å². The van der Waals surface area contributed by atoms with Crippen LogP contribution < -0.4 is 15.8 Å². The van der Waals surface area contributed by atoms with Gasteiger partial charge in [0.1, 0.15) is 29.2 Å². The van der Waals surface area contributed by atoms with Crippen LogP contribution >= 0.6 is 22.6 Å². The number of hydrogen-bond acceptors (Lipinski definition) is 7. The zero-order valence-electron chi connectivity index (χ0n) is 18.2. The van der Waals surface area contributed by atoms with Crippen LogP contribution in [0.1, 0.15) is 42.1 Å². The number of benzene rings is 1. The van der Waals surface area contributed by atoms with E-state index in [1.165, 1.54) is 0 Å². The highest BCUT2D eigenvalue weighted by Gasteiger charge is 2.28. The minimum absolute atomic E-state index is 0.202. The second-order valence-electron chi connectivity index (χ2n) is 8.19. The van der Waals surface area contributed by atoms with Gasteiger partial charge in [0.2, 0.25) is 0 Å². The van der Waals surface area contributed by atoms with Crippen molar-refractivity contribution in [3.05, 3.63) is 51.9 Å². The van der Waals surface area contributed by atoms with Gasteiger partial charge < -0.3 is 25.5 Å². The normalized spacial score (nSPS) is 17.8. The first kappa shape index (κ1) is 23.4. The van der Waals surface area contributed by atoms with Crippen LogP contribution in [-0.2, 0) is 0 Å². The molecule has 1 aliphatic rings. The lowest BCUT2D eigenvalue weighted by atomic mass is 10.1. The monoisotopic (exact) mass is 562 g/mol. The second kappa shape index (κ2) is 10.9. The summed E-state index contributed by atoms with van der Waals surface area (Å²) in [4.78, 5) is 15.8. The predicted molar refractivity (Wildman–Crippen MR) is 133 cm³/mol.